The third-order valence-electron chi connectivity index (χ3n) is 3.01. The molecular weight excluding hydrogens is 259 g/mol. The molecule has 4 nitrogen and oxygen atoms in total. The van der Waals surface area contributed by atoms with E-state index in [1.165, 1.54) is 23.3 Å². The van der Waals surface area contributed by atoms with Crippen LogP contribution in [0.4, 0.5) is 10.1 Å². The molecule has 1 aromatic heterocycles. The van der Waals surface area contributed by atoms with E-state index in [1.54, 1.807) is 25.1 Å². The second-order valence-corrected chi connectivity index (χ2v) is 4.51. The van der Waals surface area contributed by atoms with Gasteiger partial charge in [-0.25, -0.2) is 4.39 Å². The van der Waals surface area contributed by atoms with Crippen LogP contribution in [0.15, 0.2) is 41.0 Å². The van der Waals surface area contributed by atoms with Crippen LogP contribution in [0, 0.1) is 12.7 Å². The SMILES string of the molecule is Cc1ccoc1C(=O)N(CCCN)c1cccc(F)c1. The van der Waals surface area contributed by atoms with Crippen LogP contribution >= 0.6 is 0 Å². The second-order valence-electron chi connectivity index (χ2n) is 4.51. The minimum atomic E-state index is -0.385. The van der Waals surface area contributed by atoms with Crippen LogP contribution in [0.25, 0.3) is 0 Å². The molecule has 0 radical (unpaired) electrons. The maximum Gasteiger partial charge on any atom is 0.294 e. The Hall–Kier alpha value is -2.14. The summed E-state index contributed by atoms with van der Waals surface area (Å²) in [6, 6.07) is 7.65. The lowest BCUT2D eigenvalue weighted by Crippen LogP contribution is -2.33. The lowest BCUT2D eigenvalue weighted by atomic mass is 10.2. The molecule has 0 saturated carbocycles. The van der Waals surface area contributed by atoms with Crippen molar-refractivity contribution in [3.05, 3.63) is 53.7 Å². The van der Waals surface area contributed by atoms with E-state index in [9.17, 15) is 9.18 Å². The average molecular weight is 276 g/mol. The number of furan rings is 1. The minimum absolute atomic E-state index is 0.270. The topological polar surface area (TPSA) is 59.5 Å². The van der Waals surface area contributed by atoms with Crippen LogP contribution in [0.3, 0.4) is 0 Å². The number of halogens is 1. The van der Waals surface area contributed by atoms with E-state index in [4.69, 9.17) is 10.2 Å². The molecule has 0 aliphatic rings. The van der Waals surface area contributed by atoms with Gasteiger partial charge in [-0.2, -0.15) is 0 Å². The average Bonchev–Trinajstić information content (AvgIpc) is 2.85. The molecule has 2 rings (SSSR count). The quantitative estimate of drug-likeness (QED) is 0.913. The summed E-state index contributed by atoms with van der Waals surface area (Å²) in [6.07, 6.45) is 2.09. The largest absolute Gasteiger partial charge is 0.459 e. The fraction of sp³-hybridized carbons (Fsp3) is 0.267. The van der Waals surface area contributed by atoms with Crippen molar-refractivity contribution in [2.45, 2.75) is 13.3 Å². The number of anilines is 1. The number of hydrogen-bond acceptors (Lipinski definition) is 3. The molecule has 0 fully saturated rings. The maximum atomic E-state index is 13.3. The van der Waals surface area contributed by atoms with Gasteiger partial charge in [-0.15, -0.1) is 0 Å². The molecule has 0 aliphatic carbocycles. The molecule has 2 aromatic rings. The molecule has 2 N–H and O–H groups in total. The number of carbonyl (C=O) groups excluding carboxylic acids is 1. The molecule has 0 spiro atoms. The van der Waals surface area contributed by atoms with Crippen molar-refractivity contribution in [1.82, 2.24) is 0 Å². The monoisotopic (exact) mass is 276 g/mol. The number of benzene rings is 1. The lowest BCUT2D eigenvalue weighted by Gasteiger charge is -2.22. The summed E-state index contributed by atoms with van der Waals surface area (Å²) in [7, 11) is 0. The van der Waals surface area contributed by atoms with Gasteiger partial charge in [0, 0.05) is 17.8 Å². The first-order valence-corrected chi connectivity index (χ1v) is 6.45. The smallest absolute Gasteiger partial charge is 0.294 e. The Balaban J connectivity index is 2.32. The molecule has 1 aromatic carbocycles. The zero-order valence-corrected chi connectivity index (χ0v) is 11.3. The number of hydrogen-bond donors (Lipinski definition) is 1. The van der Waals surface area contributed by atoms with Crippen molar-refractivity contribution < 1.29 is 13.6 Å². The van der Waals surface area contributed by atoms with Gasteiger partial charge >= 0.3 is 0 Å². The van der Waals surface area contributed by atoms with Crippen LogP contribution in [-0.2, 0) is 0 Å². The van der Waals surface area contributed by atoms with Gasteiger partial charge in [-0.05, 0) is 44.2 Å². The lowest BCUT2D eigenvalue weighted by molar-refractivity contribution is 0.0959. The van der Waals surface area contributed by atoms with E-state index >= 15 is 0 Å². The summed E-state index contributed by atoms with van der Waals surface area (Å²) in [4.78, 5) is 14.0. The Bertz CT molecular complexity index is 595. The standard InChI is InChI=1S/C15H17FN2O2/c1-11-6-9-20-14(11)15(19)18(8-3-7-17)13-5-2-4-12(16)10-13/h2,4-6,9-10H,3,7-8,17H2,1H3. The fourth-order valence-corrected chi connectivity index (χ4v) is 1.96. The number of rotatable bonds is 5. The summed E-state index contributed by atoms with van der Waals surface area (Å²) in [5.41, 5.74) is 6.75. The molecule has 0 bridgehead atoms. The first-order valence-electron chi connectivity index (χ1n) is 6.45. The van der Waals surface area contributed by atoms with Gasteiger partial charge in [0.2, 0.25) is 0 Å². The summed E-state index contributed by atoms with van der Waals surface area (Å²) in [5, 5.41) is 0. The predicted octanol–water partition coefficient (Wildman–Crippen LogP) is 2.72. The van der Waals surface area contributed by atoms with Crippen molar-refractivity contribution >= 4 is 11.6 Å². The van der Waals surface area contributed by atoms with E-state index in [0.717, 1.165) is 5.56 Å². The van der Waals surface area contributed by atoms with Crippen molar-refractivity contribution in [2.24, 2.45) is 5.73 Å². The van der Waals surface area contributed by atoms with Gasteiger partial charge < -0.3 is 15.1 Å². The maximum absolute atomic E-state index is 13.3. The molecule has 0 saturated heterocycles. The molecule has 0 atom stereocenters. The van der Waals surface area contributed by atoms with Crippen molar-refractivity contribution in [3.8, 4) is 0 Å². The number of carbonyl (C=O) groups is 1. The minimum Gasteiger partial charge on any atom is -0.459 e. The first-order chi connectivity index (χ1) is 9.63. The zero-order chi connectivity index (χ0) is 14.5. The van der Waals surface area contributed by atoms with E-state index in [0.29, 0.717) is 25.2 Å². The van der Waals surface area contributed by atoms with Crippen molar-refractivity contribution in [2.75, 3.05) is 18.0 Å². The predicted molar refractivity (Wildman–Crippen MR) is 75.2 cm³/mol. The van der Waals surface area contributed by atoms with Crippen LogP contribution in [0.1, 0.15) is 22.5 Å². The van der Waals surface area contributed by atoms with E-state index in [1.807, 2.05) is 0 Å². The number of nitrogens with zero attached hydrogens (tertiary/aromatic N) is 1. The van der Waals surface area contributed by atoms with Crippen molar-refractivity contribution in [1.29, 1.82) is 0 Å². The Kier molecular flexibility index (Phi) is 4.53. The van der Waals surface area contributed by atoms with Gasteiger partial charge in [-0.3, -0.25) is 4.79 Å². The number of aryl methyl sites for hydroxylation is 1. The Morgan fingerprint density at radius 1 is 1.40 bits per heavy atom. The van der Waals surface area contributed by atoms with Crippen LogP contribution in [0.2, 0.25) is 0 Å². The van der Waals surface area contributed by atoms with E-state index in [-0.39, 0.29) is 17.5 Å². The van der Waals surface area contributed by atoms with Gasteiger partial charge in [0.15, 0.2) is 5.76 Å². The van der Waals surface area contributed by atoms with Gasteiger partial charge in [0.25, 0.3) is 5.91 Å². The normalized spacial score (nSPS) is 10.6. The summed E-state index contributed by atoms with van der Waals surface area (Å²) >= 11 is 0. The fourth-order valence-electron chi connectivity index (χ4n) is 1.96. The van der Waals surface area contributed by atoms with Crippen molar-refractivity contribution in [3.63, 3.8) is 0 Å². The third kappa shape index (κ3) is 3.05. The highest BCUT2D eigenvalue weighted by molar-refractivity contribution is 6.05. The summed E-state index contributed by atoms with van der Waals surface area (Å²) in [6.45, 7) is 2.67. The zero-order valence-electron chi connectivity index (χ0n) is 11.3. The Morgan fingerprint density at radius 2 is 2.20 bits per heavy atom. The van der Waals surface area contributed by atoms with Crippen LogP contribution < -0.4 is 10.6 Å². The molecule has 20 heavy (non-hydrogen) atoms. The number of amides is 1. The molecule has 0 unspecified atom stereocenters. The number of nitrogens with two attached hydrogens (primary N) is 1. The molecular formula is C15H17FN2O2. The molecule has 1 heterocycles. The van der Waals surface area contributed by atoms with Crippen LogP contribution in [0.5, 0.6) is 0 Å². The van der Waals surface area contributed by atoms with Gasteiger partial charge in [-0.1, -0.05) is 6.07 Å². The Morgan fingerprint density at radius 3 is 2.80 bits per heavy atom. The van der Waals surface area contributed by atoms with E-state index < -0.39 is 0 Å². The highest BCUT2D eigenvalue weighted by Crippen LogP contribution is 2.20. The highest BCUT2D eigenvalue weighted by atomic mass is 19.1. The Labute approximate surface area is 117 Å². The van der Waals surface area contributed by atoms with Crippen LogP contribution in [-0.4, -0.2) is 19.0 Å². The molecule has 0 aliphatic heterocycles. The second kappa shape index (κ2) is 6.34. The first kappa shape index (κ1) is 14.3. The molecule has 1 amide bonds. The highest BCUT2D eigenvalue weighted by Gasteiger charge is 2.22. The summed E-state index contributed by atoms with van der Waals surface area (Å²) < 4.78 is 18.6. The van der Waals surface area contributed by atoms with Gasteiger partial charge in [0.1, 0.15) is 5.82 Å². The molecule has 5 heteroatoms. The third-order valence-corrected chi connectivity index (χ3v) is 3.01. The molecule has 106 valence electrons. The van der Waals surface area contributed by atoms with E-state index in [2.05, 4.69) is 0 Å². The van der Waals surface area contributed by atoms with Gasteiger partial charge in [0.05, 0.1) is 6.26 Å². The summed E-state index contributed by atoms with van der Waals surface area (Å²) in [5.74, 6) is -0.401.